The van der Waals surface area contributed by atoms with E-state index in [1.165, 1.54) is 11.0 Å². The number of benzene rings is 2. The van der Waals surface area contributed by atoms with E-state index in [-0.39, 0.29) is 21.3 Å². The van der Waals surface area contributed by atoms with Gasteiger partial charge in [0, 0.05) is 17.1 Å². The van der Waals surface area contributed by atoms with Crippen molar-refractivity contribution in [1.82, 2.24) is 9.88 Å². The standard InChI is InChI=1S/C26H22ClN3O4S/c1-13-7-14(2)9-19(8-13)30-24(32)21(23(31)28-26(30)35)11-17-10-15(3)29(16(17)4)18-5-6-20(25(33)34)22(27)12-18/h5-12H,1-4H3,(H,33,34)(H,28,31,35)/b21-11+. The van der Waals surface area contributed by atoms with Crippen molar-refractivity contribution in [2.45, 2.75) is 27.7 Å². The summed E-state index contributed by atoms with van der Waals surface area (Å²) in [5.74, 6) is -2.19. The van der Waals surface area contributed by atoms with E-state index in [9.17, 15) is 19.5 Å². The third-order valence-electron chi connectivity index (χ3n) is 5.78. The summed E-state index contributed by atoms with van der Waals surface area (Å²) in [6.07, 6.45) is 1.54. The Labute approximate surface area is 212 Å². The molecule has 0 spiro atoms. The van der Waals surface area contributed by atoms with Crippen LogP contribution >= 0.6 is 23.8 Å². The average Bonchev–Trinajstić information content (AvgIpc) is 3.02. The molecular formula is C26H22ClN3O4S. The fourth-order valence-electron chi connectivity index (χ4n) is 4.27. The molecule has 4 rings (SSSR count). The zero-order chi connectivity index (χ0) is 25.6. The second-order valence-corrected chi connectivity index (χ2v) is 9.23. The number of halogens is 1. The van der Waals surface area contributed by atoms with Crippen LogP contribution < -0.4 is 10.2 Å². The number of amides is 2. The summed E-state index contributed by atoms with van der Waals surface area (Å²) >= 11 is 11.5. The fourth-order valence-corrected chi connectivity index (χ4v) is 4.81. The predicted octanol–water partition coefficient (Wildman–Crippen LogP) is 4.89. The number of aromatic nitrogens is 1. The Bertz CT molecular complexity index is 1450. The fraction of sp³-hybridized carbons (Fsp3) is 0.154. The van der Waals surface area contributed by atoms with Gasteiger partial charge in [-0.3, -0.25) is 19.8 Å². The number of carbonyl (C=O) groups excluding carboxylic acids is 2. The summed E-state index contributed by atoms with van der Waals surface area (Å²) < 4.78 is 1.88. The Kier molecular flexibility index (Phi) is 6.36. The lowest BCUT2D eigenvalue weighted by Crippen LogP contribution is -2.54. The summed E-state index contributed by atoms with van der Waals surface area (Å²) in [5, 5.41) is 12.0. The van der Waals surface area contributed by atoms with E-state index >= 15 is 0 Å². The first-order valence-corrected chi connectivity index (χ1v) is 11.5. The van der Waals surface area contributed by atoms with Crippen molar-refractivity contribution < 1.29 is 19.5 Å². The van der Waals surface area contributed by atoms with Crippen LogP contribution in [0.15, 0.2) is 48.0 Å². The molecule has 2 N–H and O–H groups in total. The molecule has 1 aliphatic heterocycles. The van der Waals surface area contributed by atoms with Crippen molar-refractivity contribution in [2.75, 3.05) is 4.90 Å². The molecule has 9 heteroatoms. The molecule has 3 aromatic rings. The van der Waals surface area contributed by atoms with E-state index < -0.39 is 17.8 Å². The maximum Gasteiger partial charge on any atom is 0.337 e. The maximum atomic E-state index is 13.4. The molecular weight excluding hydrogens is 486 g/mol. The molecule has 1 fully saturated rings. The molecule has 178 valence electrons. The lowest BCUT2D eigenvalue weighted by molar-refractivity contribution is -0.122. The number of aryl methyl sites for hydroxylation is 3. The molecule has 0 radical (unpaired) electrons. The first kappa shape index (κ1) is 24.4. The van der Waals surface area contributed by atoms with Crippen molar-refractivity contribution in [1.29, 1.82) is 0 Å². The van der Waals surface area contributed by atoms with Gasteiger partial charge in [-0.05, 0) is 99.1 Å². The molecule has 0 aliphatic carbocycles. The van der Waals surface area contributed by atoms with Gasteiger partial charge in [0.1, 0.15) is 5.57 Å². The van der Waals surface area contributed by atoms with Gasteiger partial charge < -0.3 is 9.67 Å². The number of carboxylic acids is 1. The topological polar surface area (TPSA) is 91.6 Å². The molecule has 0 atom stereocenters. The molecule has 2 heterocycles. The lowest BCUT2D eigenvalue weighted by atomic mass is 10.1. The van der Waals surface area contributed by atoms with Crippen LogP contribution in [0.5, 0.6) is 0 Å². The second-order valence-electron chi connectivity index (χ2n) is 8.43. The third kappa shape index (κ3) is 4.50. The maximum absolute atomic E-state index is 13.4. The van der Waals surface area contributed by atoms with E-state index in [2.05, 4.69) is 5.32 Å². The summed E-state index contributed by atoms with van der Waals surface area (Å²) in [6, 6.07) is 12.2. The van der Waals surface area contributed by atoms with Crippen LogP contribution in [0.2, 0.25) is 5.02 Å². The summed E-state index contributed by atoms with van der Waals surface area (Å²) in [4.78, 5) is 38.8. The monoisotopic (exact) mass is 507 g/mol. The minimum absolute atomic E-state index is 0.00661. The highest BCUT2D eigenvalue weighted by molar-refractivity contribution is 7.80. The molecule has 0 bridgehead atoms. The SMILES string of the molecule is Cc1cc(C)cc(N2C(=O)/C(=C/c3cc(C)n(-c4ccc(C(=O)O)c(Cl)c4)c3C)C(=O)NC2=S)c1. The molecule has 1 aliphatic rings. The number of carboxylic acid groups (broad SMARTS) is 1. The van der Waals surface area contributed by atoms with Crippen LogP contribution in [0, 0.1) is 27.7 Å². The average molecular weight is 508 g/mol. The van der Waals surface area contributed by atoms with Gasteiger partial charge in [0.25, 0.3) is 11.8 Å². The minimum Gasteiger partial charge on any atom is -0.478 e. The van der Waals surface area contributed by atoms with E-state index in [0.717, 1.165) is 22.5 Å². The number of aromatic carboxylic acids is 1. The molecule has 35 heavy (non-hydrogen) atoms. The van der Waals surface area contributed by atoms with Gasteiger partial charge in [0.15, 0.2) is 5.11 Å². The summed E-state index contributed by atoms with van der Waals surface area (Å²) in [6.45, 7) is 7.56. The van der Waals surface area contributed by atoms with Crippen LogP contribution in [0.3, 0.4) is 0 Å². The zero-order valence-corrected chi connectivity index (χ0v) is 21.0. The first-order valence-electron chi connectivity index (χ1n) is 10.7. The Morgan fingerprint density at radius 2 is 1.66 bits per heavy atom. The van der Waals surface area contributed by atoms with Gasteiger partial charge in [-0.2, -0.15) is 0 Å². The molecule has 2 amide bonds. The number of anilines is 1. The van der Waals surface area contributed by atoms with Crippen LogP contribution in [0.25, 0.3) is 11.8 Å². The second kappa shape index (κ2) is 9.13. The number of nitrogens with zero attached hydrogens (tertiary/aromatic N) is 2. The largest absolute Gasteiger partial charge is 0.478 e. The van der Waals surface area contributed by atoms with E-state index in [1.807, 2.05) is 56.5 Å². The highest BCUT2D eigenvalue weighted by Gasteiger charge is 2.35. The van der Waals surface area contributed by atoms with Gasteiger partial charge in [-0.15, -0.1) is 0 Å². The zero-order valence-electron chi connectivity index (χ0n) is 19.5. The van der Waals surface area contributed by atoms with Crippen molar-refractivity contribution >= 4 is 58.5 Å². The summed E-state index contributed by atoms with van der Waals surface area (Å²) in [5.41, 5.74) is 5.37. The number of carbonyl (C=O) groups is 3. The van der Waals surface area contributed by atoms with Gasteiger partial charge in [-0.25, -0.2) is 4.79 Å². The number of thiocarbonyl (C=S) groups is 1. The minimum atomic E-state index is -1.11. The van der Waals surface area contributed by atoms with Crippen molar-refractivity contribution in [3.8, 4) is 5.69 Å². The van der Waals surface area contributed by atoms with Gasteiger partial charge in [0.05, 0.1) is 16.3 Å². The highest BCUT2D eigenvalue weighted by Crippen LogP contribution is 2.28. The number of hydrogen-bond donors (Lipinski definition) is 2. The molecule has 2 aromatic carbocycles. The van der Waals surface area contributed by atoms with Crippen LogP contribution in [0.1, 0.15) is 38.4 Å². The van der Waals surface area contributed by atoms with Crippen molar-refractivity contribution in [3.05, 3.63) is 86.7 Å². The van der Waals surface area contributed by atoms with Gasteiger partial charge in [-0.1, -0.05) is 17.7 Å². The van der Waals surface area contributed by atoms with Crippen molar-refractivity contribution in [3.63, 3.8) is 0 Å². The van der Waals surface area contributed by atoms with E-state index in [1.54, 1.807) is 18.2 Å². The smallest absolute Gasteiger partial charge is 0.337 e. The molecule has 1 aromatic heterocycles. The van der Waals surface area contributed by atoms with Crippen LogP contribution in [0.4, 0.5) is 5.69 Å². The Hall–Kier alpha value is -3.75. The molecule has 7 nitrogen and oxygen atoms in total. The molecule has 0 saturated carbocycles. The van der Waals surface area contributed by atoms with Crippen molar-refractivity contribution in [2.24, 2.45) is 0 Å². The van der Waals surface area contributed by atoms with Crippen LogP contribution in [-0.2, 0) is 9.59 Å². The van der Waals surface area contributed by atoms with Gasteiger partial charge >= 0.3 is 5.97 Å². The highest BCUT2D eigenvalue weighted by atomic mass is 35.5. The van der Waals surface area contributed by atoms with Crippen LogP contribution in [-0.4, -0.2) is 32.6 Å². The predicted molar refractivity (Wildman–Crippen MR) is 139 cm³/mol. The number of nitrogens with one attached hydrogen (secondary N) is 1. The first-order chi connectivity index (χ1) is 16.5. The Balaban J connectivity index is 1.77. The normalized spacial score (nSPS) is 15.1. The summed E-state index contributed by atoms with van der Waals surface area (Å²) in [7, 11) is 0. The molecule has 1 saturated heterocycles. The van der Waals surface area contributed by atoms with E-state index in [0.29, 0.717) is 16.9 Å². The quantitative estimate of drug-likeness (QED) is 0.298. The lowest BCUT2D eigenvalue weighted by Gasteiger charge is -2.29. The number of hydrogen-bond acceptors (Lipinski definition) is 4. The van der Waals surface area contributed by atoms with Gasteiger partial charge in [0.2, 0.25) is 0 Å². The molecule has 0 unspecified atom stereocenters. The Morgan fingerprint density at radius 1 is 1.00 bits per heavy atom. The Morgan fingerprint density at radius 3 is 2.26 bits per heavy atom. The van der Waals surface area contributed by atoms with E-state index in [4.69, 9.17) is 23.8 Å². The number of rotatable bonds is 4. The third-order valence-corrected chi connectivity index (χ3v) is 6.38.